The van der Waals surface area contributed by atoms with Crippen LogP contribution in [0.3, 0.4) is 0 Å². The van der Waals surface area contributed by atoms with Crippen LogP contribution in [-0.4, -0.2) is 44.7 Å². The van der Waals surface area contributed by atoms with Crippen LogP contribution in [-0.2, 0) is 4.79 Å². The molecule has 1 aliphatic carbocycles. The van der Waals surface area contributed by atoms with Gasteiger partial charge in [-0.1, -0.05) is 0 Å². The highest BCUT2D eigenvalue weighted by atomic mass is 16.4. The quantitative estimate of drug-likeness (QED) is 0.362. The monoisotopic (exact) mass is 174 g/mol. The molecular weight excluding hydrogens is 164 g/mol. The number of aliphatic carboxylic acids is 1. The molecule has 0 aromatic heterocycles. The summed E-state index contributed by atoms with van der Waals surface area (Å²) in [6.07, 6.45) is -2.77. The number of carboxylic acid groups (broad SMARTS) is 1. The summed E-state index contributed by atoms with van der Waals surface area (Å²) in [6, 6.07) is 0. The smallest absolute Gasteiger partial charge is 0.328 e. The highest BCUT2D eigenvalue weighted by Gasteiger charge is 2.36. The van der Waals surface area contributed by atoms with Crippen molar-refractivity contribution >= 4 is 5.97 Å². The molecule has 0 radical (unpaired) electrons. The lowest BCUT2D eigenvalue weighted by molar-refractivity contribution is -0.131. The van der Waals surface area contributed by atoms with Gasteiger partial charge in [-0.25, -0.2) is 4.79 Å². The Bertz CT molecular complexity index is 222. The summed E-state index contributed by atoms with van der Waals surface area (Å²) in [5.41, 5.74) is 0.155. The summed E-state index contributed by atoms with van der Waals surface area (Å²) in [7, 11) is 0. The first-order valence-electron chi connectivity index (χ1n) is 3.50. The summed E-state index contributed by atoms with van der Waals surface area (Å²) >= 11 is 0. The Balaban J connectivity index is 2.77. The number of hydrogen-bond donors (Lipinski definition) is 4. The van der Waals surface area contributed by atoms with Crippen molar-refractivity contribution in [1.29, 1.82) is 0 Å². The molecule has 0 aromatic rings. The molecule has 0 aliphatic heterocycles. The molecule has 0 unspecified atom stereocenters. The summed E-state index contributed by atoms with van der Waals surface area (Å²) < 4.78 is 0. The Morgan fingerprint density at radius 3 is 2.33 bits per heavy atom. The normalized spacial score (nSPS) is 38.9. The molecule has 0 bridgehead atoms. The third-order valence-corrected chi connectivity index (χ3v) is 1.85. The van der Waals surface area contributed by atoms with Gasteiger partial charge in [-0.3, -0.25) is 0 Å². The molecule has 0 aromatic carbocycles. The van der Waals surface area contributed by atoms with Crippen LogP contribution in [0.15, 0.2) is 11.6 Å². The van der Waals surface area contributed by atoms with Gasteiger partial charge < -0.3 is 20.4 Å². The van der Waals surface area contributed by atoms with E-state index in [2.05, 4.69) is 0 Å². The number of aliphatic hydroxyl groups is 3. The van der Waals surface area contributed by atoms with E-state index >= 15 is 0 Å². The lowest BCUT2D eigenvalue weighted by atomic mass is 10.2. The van der Waals surface area contributed by atoms with Crippen molar-refractivity contribution in [1.82, 2.24) is 0 Å². The molecule has 0 spiro atoms. The van der Waals surface area contributed by atoms with Crippen LogP contribution in [0.2, 0.25) is 0 Å². The first kappa shape index (κ1) is 9.18. The Kier molecular flexibility index (Phi) is 2.46. The predicted molar refractivity (Wildman–Crippen MR) is 38.4 cm³/mol. The standard InChI is InChI=1S/C7H10O5/c8-4-1-3(2-5(9)10)6(11)7(4)12/h2,4,6-8,11-12H,1H2,(H,9,10)/b3-2+/t4-,6-,7-/m1/s1. The van der Waals surface area contributed by atoms with Gasteiger partial charge in [0.1, 0.15) is 12.2 Å². The molecule has 0 saturated heterocycles. The van der Waals surface area contributed by atoms with Crippen LogP contribution in [0.1, 0.15) is 6.42 Å². The number of hydrogen-bond acceptors (Lipinski definition) is 4. The average Bonchev–Trinajstić information content (AvgIpc) is 2.17. The minimum absolute atomic E-state index is 0.00856. The molecule has 0 amide bonds. The Hall–Kier alpha value is -0.910. The maximum Gasteiger partial charge on any atom is 0.328 e. The van der Waals surface area contributed by atoms with E-state index in [1.165, 1.54) is 0 Å². The molecule has 68 valence electrons. The zero-order valence-corrected chi connectivity index (χ0v) is 6.21. The fourth-order valence-corrected chi connectivity index (χ4v) is 1.22. The van der Waals surface area contributed by atoms with Gasteiger partial charge in [0, 0.05) is 12.5 Å². The van der Waals surface area contributed by atoms with Crippen LogP contribution in [0.25, 0.3) is 0 Å². The van der Waals surface area contributed by atoms with E-state index in [0.29, 0.717) is 0 Å². The first-order valence-corrected chi connectivity index (χ1v) is 3.50. The van der Waals surface area contributed by atoms with E-state index in [1.807, 2.05) is 0 Å². The van der Waals surface area contributed by atoms with Crippen molar-refractivity contribution in [3.63, 3.8) is 0 Å². The maximum atomic E-state index is 10.2. The van der Waals surface area contributed by atoms with Crippen LogP contribution >= 0.6 is 0 Å². The van der Waals surface area contributed by atoms with E-state index in [4.69, 9.17) is 20.4 Å². The highest BCUT2D eigenvalue weighted by molar-refractivity contribution is 5.81. The van der Waals surface area contributed by atoms with Gasteiger partial charge >= 0.3 is 5.97 Å². The average molecular weight is 174 g/mol. The van der Waals surface area contributed by atoms with E-state index < -0.39 is 24.3 Å². The Labute approximate surface area is 68.6 Å². The zero-order chi connectivity index (χ0) is 9.30. The fourth-order valence-electron chi connectivity index (χ4n) is 1.22. The summed E-state index contributed by atoms with van der Waals surface area (Å²) in [6.45, 7) is 0. The van der Waals surface area contributed by atoms with Crippen LogP contribution < -0.4 is 0 Å². The van der Waals surface area contributed by atoms with E-state index in [9.17, 15) is 4.79 Å². The van der Waals surface area contributed by atoms with Crippen molar-refractivity contribution in [2.75, 3.05) is 0 Å². The lowest BCUT2D eigenvalue weighted by Gasteiger charge is -2.09. The van der Waals surface area contributed by atoms with E-state index in [1.54, 1.807) is 0 Å². The summed E-state index contributed by atoms with van der Waals surface area (Å²) in [5.74, 6) is -1.19. The molecule has 5 heteroatoms. The van der Waals surface area contributed by atoms with E-state index in [-0.39, 0.29) is 12.0 Å². The van der Waals surface area contributed by atoms with Crippen LogP contribution in [0, 0.1) is 0 Å². The largest absolute Gasteiger partial charge is 0.478 e. The Morgan fingerprint density at radius 1 is 1.42 bits per heavy atom. The van der Waals surface area contributed by atoms with Gasteiger partial charge in [-0.05, 0) is 5.57 Å². The van der Waals surface area contributed by atoms with E-state index in [0.717, 1.165) is 6.08 Å². The van der Waals surface area contributed by atoms with Crippen molar-refractivity contribution in [3.8, 4) is 0 Å². The second-order valence-corrected chi connectivity index (χ2v) is 2.76. The third kappa shape index (κ3) is 1.63. The molecule has 1 saturated carbocycles. The fraction of sp³-hybridized carbons (Fsp3) is 0.571. The number of carboxylic acids is 1. The van der Waals surface area contributed by atoms with Gasteiger partial charge in [-0.2, -0.15) is 0 Å². The van der Waals surface area contributed by atoms with Gasteiger partial charge in [0.2, 0.25) is 0 Å². The Morgan fingerprint density at radius 2 is 2.00 bits per heavy atom. The van der Waals surface area contributed by atoms with Crippen molar-refractivity contribution in [2.24, 2.45) is 0 Å². The highest BCUT2D eigenvalue weighted by Crippen LogP contribution is 2.25. The van der Waals surface area contributed by atoms with Crippen molar-refractivity contribution in [3.05, 3.63) is 11.6 Å². The van der Waals surface area contributed by atoms with Crippen LogP contribution in [0.5, 0.6) is 0 Å². The second kappa shape index (κ2) is 3.22. The van der Waals surface area contributed by atoms with Gasteiger partial charge in [0.15, 0.2) is 0 Å². The summed E-state index contributed by atoms with van der Waals surface area (Å²) in [4.78, 5) is 10.2. The van der Waals surface area contributed by atoms with Crippen LogP contribution in [0.4, 0.5) is 0 Å². The van der Waals surface area contributed by atoms with Gasteiger partial charge in [0.25, 0.3) is 0 Å². The van der Waals surface area contributed by atoms with Crippen molar-refractivity contribution in [2.45, 2.75) is 24.7 Å². The van der Waals surface area contributed by atoms with Gasteiger partial charge in [-0.15, -0.1) is 0 Å². The number of carbonyl (C=O) groups is 1. The molecule has 5 nitrogen and oxygen atoms in total. The third-order valence-electron chi connectivity index (χ3n) is 1.85. The van der Waals surface area contributed by atoms with Crippen molar-refractivity contribution < 1.29 is 25.2 Å². The zero-order valence-electron chi connectivity index (χ0n) is 6.21. The molecule has 1 rings (SSSR count). The molecule has 0 heterocycles. The molecule has 1 aliphatic rings. The SMILES string of the molecule is O=C(O)/C=C1\C[C@@H](O)[C@@H](O)[C@@H]1O. The maximum absolute atomic E-state index is 10.2. The molecular formula is C7H10O5. The topological polar surface area (TPSA) is 98.0 Å². The first-order chi connectivity index (χ1) is 5.52. The lowest BCUT2D eigenvalue weighted by Crippen LogP contribution is -2.28. The predicted octanol–water partition coefficient (Wildman–Crippen LogP) is -1.52. The number of aliphatic hydroxyl groups excluding tert-OH is 3. The van der Waals surface area contributed by atoms with Gasteiger partial charge in [0.05, 0.1) is 6.10 Å². The number of rotatable bonds is 1. The molecule has 3 atom stereocenters. The molecule has 4 N–H and O–H groups in total. The summed E-state index contributed by atoms with van der Waals surface area (Å²) in [5, 5.41) is 35.5. The molecule has 12 heavy (non-hydrogen) atoms. The second-order valence-electron chi connectivity index (χ2n) is 2.76. The molecule has 1 fully saturated rings. The minimum atomic E-state index is -1.27. The minimum Gasteiger partial charge on any atom is -0.478 e.